The van der Waals surface area contributed by atoms with Gasteiger partial charge in [0.25, 0.3) is 0 Å². The van der Waals surface area contributed by atoms with E-state index in [1.165, 1.54) is 13.2 Å². The van der Waals surface area contributed by atoms with Crippen molar-refractivity contribution in [3.8, 4) is 11.5 Å². The van der Waals surface area contributed by atoms with Crippen LogP contribution in [0.15, 0.2) is 42.6 Å². The van der Waals surface area contributed by atoms with E-state index in [0.717, 1.165) is 18.3 Å². The summed E-state index contributed by atoms with van der Waals surface area (Å²) in [6.07, 6.45) is -3.73. The molecule has 0 radical (unpaired) electrons. The zero-order valence-corrected chi connectivity index (χ0v) is 10.8. The number of benzene rings is 1. The smallest absolute Gasteiger partial charge is 0.433 e. The van der Waals surface area contributed by atoms with Crippen molar-refractivity contribution < 1.29 is 27.4 Å². The third-order valence-corrected chi connectivity index (χ3v) is 2.56. The Morgan fingerprint density at radius 3 is 2.29 bits per heavy atom. The fourth-order valence-electron chi connectivity index (χ4n) is 1.54. The first-order valence-corrected chi connectivity index (χ1v) is 5.80. The van der Waals surface area contributed by atoms with Crippen molar-refractivity contribution in [1.82, 2.24) is 4.98 Å². The number of pyridine rings is 1. The van der Waals surface area contributed by atoms with Crippen LogP contribution in [0.1, 0.15) is 16.1 Å². The molecule has 0 saturated heterocycles. The van der Waals surface area contributed by atoms with Crippen LogP contribution in [0.25, 0.3) is 0 Å². The van der Waals surface area contributed by atoms with Crippen LogP contribution in [0.2, 0.25) is 0 Å². The van der Waals surface area contributed by atoms with Gasteiger partial charge >= 0.3 is 12.1 Å². The number of methoxy groups -OCH3 is 1. The predicted molar refractivity (Wildman–Crippen MR) is 67.2 cm³/mol. The number of nitrogens with zero attached hydrogens (tertiary/aromatic N) is 1. The fourth-order valence-corrected chi connectivity index (χ4v) is 1.54. The Morgan fingerprint density at radius 1 is 1.10 bits per heavy atom. The van der Waals surface area contributed by atoms with Crippen molar-refractivity contribution in [1.29, 1.82) is 0 Å². The van der Waals surface area contributed by atoms with Gasteiger partial charge in [0.2, 0.25) is 0 Å². The summed E-state index contributed by atoms with van der Waals surface area (Å²) in [4.78, 5) is 15.0. The Morgan fingerprint density at radius 2 is 1.76 bits per heavy atom. The summed E-state index contributed by atoms with van der Waals surface area (Å²) in [6.45, 7) is 0. The fraction of sp³-hybridized carbons (Fsp3) is 0.143. The van der Waals surface area contributed by atoms with Gasteiger partial charge < -0.3 is 9.47 Å². The highest BCUT2D eigenvalue weighted by Gasteiger charge is 2.32. The van der Waals surface area contributed by atoms with Gasteiger partial charge in [-0.25, -0.2) is 4.79 Å². The minimum atomic E-state index is -4.55. The molecular weight excluding hydrogens is 287 g/mol. The average Bonchev–Trinajstić information content (AvgIpc) is 2.47. The number of ether oxygens (including phenoxy) is 2. The van der Waals surface area contributed by atoms with Crippen molar-refractivity contribution in [2.45, 2.75) is 6.18 Å². The van der Waals surface area contributed by atoms with Crippen molar-refractivity contribution in [2.24, 2.45) is 0 Å². The van der Waals surface area contributed by atoms with Crippen LogP contribution in [0.5, 0.6) is 11.5 Å². The van der Waals surface area contributed by atoms with E-state index in [9.17, 15) is 18.0 Å². The molecule has 0 saturated carbocycles. The van der Waals surface area contributed by atoms with Gasteiger partial charge in [-0.1, -0.05) is 12.1 Å². The van der Waals surface area contributed by atoms with Gasteiger partial charge in [-0.3, -0.25) is 4.98 Å². The van der Waals surface area contributed by atoms with Crippen LogP contribution in [0, 0.1) is 0 Å². The van der Waals surface area contributed by atoms with Gasteiger partial charge in [0.05, 0.1) is 12.7 Å². The quantitative estimate of drug-likeness (QED) is 0.644. The number of hydrogen-bond acceptors (Lipinski definition) is 4. The van der Waals surface area contributed by atoms with Crippen LogP contribution in [0.3, 0.4) is 0 Å². The second-order valence-electron chi connectivity index (χ2n) is 3.97. The summed E-state index contributed by atoms with van der Waals surface area (Å²) in [5, 5.41) is 0. The lowest BCUT2D eigenvalue weighted by atomic mass is 10.2. The molecular formula is C14H10F3NO3. The molecule has 0 aliphatic rings. The third-order valence-electron chi connectivity index (χ3n) is 2.56. The highest BCUT2D eigenvalue weighted by molar-refractivity contribution is 5.91. The molecule has 2 aromatic rings. The Bertz CT molecular complexity index is 639. The zero-order chi connectivity index (χ0) is 15.5. The van der Waals surface area contributed by atoms with E-state index in [2.05, 4.69) is 4.98 Å². The molecule has 2 rings (SSSR count). The Labute approximate surface area is 118 Å². The molecule has 0 unspecified atom stereocenters. The number of rotatable bonds is 3. The standard InChI is InChI=1S/C14H10F3NO3/c1-20-10-4-2-3-5-11(10)21-13(19)9-6-7-12(18-8-9)14(15,16)17/h2-8H,1H3. The lowest BCUT2D eigenvalue weighted by Gasteiger charge is -2.09. The van der Waals surface area contributed by atoms with E-state index in [0.29, 0.717) is 5.75 Å². The van der Waals surface area contributed by atoms with E-state index in [1.54, 1.807) is 18.2 Å². The van der Waals surface area contributed by atoms with Crippen LogP contribution >= 0.6 is 0 Å². The van der Waals surface area contributed by atoms with Gasteiger partial charge in [-0.05, 0) is 24.3 Å². The van der Waals surface area contributed by atoms with Crippen molar-refractivity contribution in [2.75, 3.05) is 7.11 Å². The highest BCUT2D eigenvalue weighted by Crippen LogP contribution is 2.28. The number of hydrogen-bond donors (Lipinski definition) is 0. The summed E-state index contributed by atoms with van der Waals surface area (Å²) in [5.74, 6) is -0.309. The highest BCUT2D eigenvalue weighted by atomic mass is 19.4. The minimum absolute atomic E-state index is 0.0890. The molecule has 1 heterocycles. The SMILES string of the molecule is COc1ccccc1OC(=O)c1ccc(C(F)(F)F)nc1. The molecule has 4 nitrogen and oxygen atoms in total. The molecule has 1 aromatic carbocycles. The van der Waals surface area contributed by atoms with Crippen LogP contribution in [-0.2, 0) is 6.18 Å². The Balaban J connectivity index is 2.17. The van der Waals surface area contributed by atoms with Crippen LogP contribution < -0.4 is 9.47 Å². The topological polar surface area (TPSA) is 48.4 Å². The minimum Gasteiger partial charge on any atom is -0.493 e. The molecule has 21 heavy (non-hydrogen) atoms. The number of halogens is 3. The van der Waals surface area contributed by atoms with E-state index < -0.39 is 17.8 Å². The second-order valence-corrected chi connectivity index (χ2v) is 3.97. The van der Waals surface area contributed by atoms with Crippen molar-refractivity contribution in [3.05, 3.63) is 53.9 Å². The molecule has 0 aliphatic carbocycles. The summed E-state index contributed by atoms with van der Waals surface area (Å²) >= 11 is 0. The third kappa shape index (κ3) is 3.50. The van der Waals surface area contributed by atoms with Crippen LogP contribution in [-0.4, -0.2) is 18.1 Å². The van der Waals surface area contributed by atoms with Gasteiger partial charge in [0.15, 0.2) is 11.5 Å². The van der Waals surface area contributed by atoms with Gasteiger partial charge in [-0.15, -0.1) is 0 Å². The van der Waals surface area contributed by atoms with E-state index in [1.807, 2.05) is 0 Å². The van der Waals surface area contributed by atoms with Gasteiger partial charge in [0, 0.05) is 6.20 Å². The average molecular weight is 297 g/mol. The molecule has 0 amide bonds. The molecule has 0 spiro atoms. The number of para-hydroxylation sites is 2. The first-order valence-electron chi connectivity index (χ1n) is 5.80. The zero-order valence-electron chi connectivity index (χ0n) is 10.8. The van der Waals surface area contributed by atoms with E-state index in [-0.39, 0.29) is 11.3 Å². The monoisotopic (exact) mass is 297 g/mol. The second kappa shape index (κ2) is 5.82. The molecule has 0 aliphatic heterocycles. The predicted octanol–water partition coefficient (Wildman–Crippen LogP) is 3.33. The number of alkyl halides is 3. The maximum Gasteiger partial charge on any atom is 0.433 e. The maximum atomic E-state index is 12.4. The lowest BCUT2D eigenvalue weighted by Crippen LogP contribution is -2.12. The Hall–Kier alpha value is -2.57. The Kier molecular flexibility index (Phi) is 4.11. The van der Waals surface area contributed by atoms with Crippen molar-refractivity contribution >= 4 is 5.97 Å². The molecule has 0 bridgehead atoms. The summed E-state index contributed by atoms with van der Waals surface area (Å²) in [5.41, 5.74) is -1.16. The molecule has 0 atom stereocenters. The van der Waals surface area contributed by atoms with E-state index >= 15 is 0 Å². The van der Waals surface area contributed by atoms with Gasteiger partial charge in [0.1, 0.15) is 5.69 Å². The molecule has 110 valence electrons. The normalized spacial score (nSPS) is 11.0. The first-order chi connectivity index (χ1) is 9.91. The lowest BCUT2D eigenvalue weighted by molar-refractivity contribution is -0.141. The summed E-state index contributed by atoms with van der Waals surface area (Å²) < 4.78 is 47.2. The van der Waals surface area contributed by atoms with Crippen molar-refractivity contribution in [3.63, 3.8) is 0 Å². The molecule has 0 fully saturated rings. The first kappa shape index (κ1) is 14.8. The summed E-state index contributed by atoms with van der Waals surface area (Å²) in [6, 6.07) is 8.15. The number of carbonyl (C=O) groups is 1. The number of aromatic nitrogens is 1. The maximum absolute atomic E-state index is 12.4. The van der Waals surface area contributed by atoms with E-state index in [4.69, 9.17) is 9.47 Å². The summed E-state index contributed by atoms with van der Waals surface area (Å²) in [7, 11) is 1.41. The molecule has 1 aromatic heterocycles. The molecule has 7 heteroatoms. The van der Waals surface area contributed by atoms with Gasteiger partial charge in [-0.2, -0.15) is 13.2 Å². The van der Waals surface area contributed by atoms with Crippen LogP contribution in [0.4, 0.5) is 13.2 Å². The number of esters is 1. The number of carbonyl (C=O) groups excluding carboxylic acids is 1. The largest absolute Gasteiger partial charge is 0.493 e. The molecule has 0 N–H and O–H groups in total.